The van der Waals surface area contributed by atoms with E-state index in [2.05, 4.69) is 16.2 Å². The van der Waals surface area contributed by atoms with Crippen LogP contribution in [0.5, 0.6) is 0 Å². The van der Waals surface area contributed by atoms with Gasteiger partial charge in [0.1, 0.15) is 0 Å². The highest BCUT2D eigenvalue weighted by molar-refractivity contribution is 7.14. The molecule has 6 nitrogen and oxygen atoms in total. The number of carbonyl (C=O) groups excluding carboxylic acids is 3. The number of benzene rings is 1. The maximum atomic E-state index is 12.2. The first-order chi connectivity index (χ1) is 13.1. The first kappa shape index (κ1) is 19.1. The average Bonchev–Trinajstić information content (AvgIpc) is 2.97. The molecule has 0 radical (unpaired) electrons. The third-order valence-corrected chi connectivity index (χ3v) is 5.70. The second-order valence-corrected chi connectivity index (χ2v) is 7.63. The third-order valence-electron chi connectivity index (χ3n) is 4.46. The minimum atomic E-state index is -0.352. The van der Waals surface area contributed by atoms with Gasteiger partial charge in [-0.2, -0.15) is 0 Å². The van der Waals surface area contributed by atoms with Crippen molar-refractivity contribution in [3.05, 3.63) is 57.3 Å². The van der Waals surface area contributed by atoms with Gasteiger partial charge in [0.15, 0.2) is 0 Å². The molecule has 7 heteroatoms. The molecule has 0 atom stereocenters. The lowest BCUT2D eigenvalue weighted by Gasteiger charge is -2.07. The number of thiophene rings is 1. The monoisotopic (exact) mass is 385 g/mol. The van der Waals surface area contributed by atoms with Crippen LogP contribution in [0.2, 0.25) is 0 Å². The Kier molecular flexibility index (Phi) is 6.59. The van der Waals surface area contributed by atoms with E-state index in [1.807, 2.05) is 12.1 Å². The molecule has 2 aromatic rings. The van der Waals surface area contributed by atoms with Gasteiger partial charge in [-0.25, -0.2) is 0 Å². The van der Waals surface area contributed by atoms with Gasteiger partial charge in [0.05, 0.1) is 4.88 Å². The highest BCUT2D eigenvalue weighted by atomic mass is 32.1. The van der Waals surface area contributed by atoms with Gasteiger partial charge in [0.25, 0.3) is 11.8 Å². The largest absolute Gasteiger partial charge is 0.352 e. The molecule has 0 unspecified atom stereocenters. The number of nitrogens with one attached hydrogen (secondary N) is 3. The first-order valence-corrected chi connectivity index (χ1v) is 9.99. The Morgan fingerprint density at radius 3 is 2.52 bits per heavy atom. The number of hydrazine groups is 1. The van der Waals surface area contributed by atoms with Crippen LogP contribution in [0.25, 0.3) is 0 Å². The van der Waals surface area contributed by atoms with E-state index >= 15 is 0 Å². The minimum Gasteiger partial charge on any atom is -0.352 e. The second-order valence-electron chi connectivity index (χ2n) is 6.49. The van der Waals surface area contributed by atoms with E-state index in [1.54, 1.807) is 24.3 Å². The lowest BCUT2D eigenvalue weighted by Crippen LogP contribution is -2.42. The summed E-state index contributed by atoms with van der Waals surface area (Å²) in [5.74, 6) is -0.878. The Labute approximate surface area is 162 Å². The van der Waals surface area contributed by atoms with Gasteiger partial charge in [-0.15, -0.1) is 11.3 Å². The van der Waals surface area contributed by atoms with E-state index in [1.165, 1.54) is 34.6 Å². The predicted octanol–water partition coefficient (Wildman–Crippen LogP) is 2.60. The normalized spacial score (nSPS) is 13.2. The van der Waals surface area contributed by atoms with Crippen molar-refractivity contribution in [2.24, 2.45) is 0 Å². The molecule has 1 aromatic heterocycles. The number of rotatable bonds is 5. The van der Waals surface area contributed by atoms with Crippen LogP contribution in [0, 0.1) is 0 Å². The molecule has 0 spiro atoms. The molecule has 1 heterocycles. The summed E-state index contributed by atoms with van der Waals surface area (Å²) in [4.78, 5) is 37.9. The van der Waals surface area contributed by atoms with E-state index in [0.717, 1.165) is 19.3 Å². The molecule has 0 aliphatic heterocycles. The molecule has 1 aliphatic rings. The van der Waals surface area contributed by atoms with E-state index in [9.17, 15) is 14.4 Å². The fraction of sp³-hybridized carbons (Fsp3) is 0.350. The molecule has 1 aliphatic carbocycles. The Balaban J connectivity index is 1.40. The van der Waals surface area contributed by atoms with Crippen LogP contribution in [0.4, 0.5) is 0 Å². The molecule has 0 saturated carbocycles. The molecular weight excluding hydrogens is 362 g/mol. The van der Waals surface area contributed by atoms with Crippen LogP contribution in [-0.4, -0.2) is 24.3 Å². The molecule has 0 saturated heterocycles. The molecular formula is C20H23N3O3S. The van der Waals surface area contributed by atoms with Crippen LogP contribution < -0.4 is 16.2 Å². The Bertz CT molecular complexity index is 794. The van der Waals surface area contributed by atoms with Crippen molar-refractivity contribution >= 4 is 29.1 Å². The van der Waals surface area contributed by atoms with E-state index in [0.29, 0.717) is 10.4 Å². The molecule has 27 heavy (non-hydrogen) atoms. The average molecular weight is 385 g/mol. The highest BCUT2D eigenvalue weighted by Gasteiger charge is 2.16. The van der Waals surface area contributed by atoms with Crippen molar-refractivity contribution in [2.45, 2.75) is 38.5 Å². The lowest BCUT2D eigenvalue weighted by molar-refractivity contribution is -0.121. The maximum absolute atomic E-state index is 12.2. The van der Waals surface area contributed by atoms with Crippen molar-refractivity contribution < 1.29 is 14.4 Å². The molecule has 3 N–H and O–H groups in total. The zero-order valence-corrected chi connectivity index (χ0v) is 15.9. The second kappa shape index (κ2) is 9.32. The quantitative estimate of drug-likeness (QED) is 0.546. The Morgan fingerprint density at radius 2 is 1.70 bits per heavy atom. The van der Waals surface area contributed by atoms with Crippen LogP contribution in [0.15, 0.2) is 36.4 Å². The van der Waals surface area contributed by atoms with Gasteiger partial charge >= 0.3 is 0 Å². The summed E-state index contributed by atoms with van der Waals surface area (Å²) >= 11 is 1.51. The molecule has 3 amide bonds. The van der Waals surface area contributed by atoms with Crippen molar-refractivity contribution in [2.75, 3.05) is 6.54 Å². The maximum Gasteiger partial charge on any atom is 0.279 e. The van der Waals surface area contributed by atoms with Crippen molar-refractivity contribution in [1.82, 2.24) is 16.2 Å². The van der Waals surface area contributed by atoms with E-state index < -0.39 is 0 Å². The van der Waals surface area contributed by atoms with E-state index in [4.69, 9.17) is 0 Å². The molecule has 0 bridgehead atoms. The number of fused-ring (bicyclic) bond motifs is 1. The summed E-state index contributed by atoms with van der Waals surface area (Å²) in [6.45, 7) is 0.197. The topological polar surface area (TPSA) is 87.3 Å². The van der Waals surface area contributed by atoms with Gasteiger partial charge in [0, 0.05) is 23.4 Å². The van der Waals surface area contributed by atoms with Gasteiger partial charge < -0.3 is 5.32 Å². The molecule has 3 rings (SSSR count). The lowest BCUT2D eigenvalue weighted by atomic mass is 10.1. The number of amides is 3. The van der Waals surface area contributed by atoms with Crippen molar-refractivity contribution in [3.63, 3.8) is 0 Å². The summed E-state index contributed by atoms with van der Waals surface area (Å²) < 4.78 is 0. The van der Waals surface area contributed by atoms with Gasteiger partial charge in [-0.3, -0.25) is 25.2 Å². The number of hydrogen-bond donors (Lipinski definition) is 3. The first-order valence-electron chi connectivity index (χ1n) is 9.17. The van der Waals surface area contributed by atoms with Gasteiger partial charge in [-0.1, -0.05) is 24.6 Å². The Hall–Kier alpha value is -2.67. The zero-order chi connectivity index (χ0) is 19.1. The minimum absolute atomic E-state index is 0.0831. The Morgan fingerprint density at radius 1 is 0.926 bits per heavy atom. The predicted molar refractivity (Wildman–Crippen MR) is 105 cm³/mol. The SMILES string of the molecule is O=C(CCNC(=O)c1ccccc1)NNC(=O)c1cc2c(s1)CCCCC2. The smallest absolute Gasteiger partial charge is 0.279 e. The fourth-order valence-corrected chi connectivity index (χ4v) is 4.16. The third kappa shape index (κ3) is 5.40. The summed E-state index contributed by atoms with van der Waals surface area (Å²) in [5.41, 5.74) is 6.66. The molecule has 142 valence electrons. The highest BCUT2D eigenvalue weighted by Crippen LogP contribution is 2.28. The van der Waals surface area contributed by atoms with E-state index in [-0.39, 0.29) is 30.7 Å². The summed E-state index contributed by atoms with van der Waals surface area (Å²) in [6, 6.07) is 10.7. The number of hydrogen-bond acceptors (Lipinski definition) is 4. The fourth-order valence-electron chi connectivity index (χ4n) is 3.01. The van der Waals surface area contributed by atoms with Crippen LogP contribution in [0.1, 0.15) is 56.2 Å². The number of carbonyl (C=O) groups is 3. The van der Waals surface area contributed by atoms with Crippen LogP contribution in [0.3, 0.4) is 0 Å². The van der Waals surface area contributed by atoms with Gasteiger partial charge in [0.2, 0.25) is 5.91 Å². The van der Waals surface area contributed by atoms with Crippen LogP contribution >= 0.6 is 11.3 Å². The van der Waals surface area contributed by atoms with Gasteiger partial charge in [-0.05, 0) is 49.4 Å². The van der Waals surface area contributed by atoms with Crippen molar-refractivity contribution in [1.29, 1.82) is 0 Å². The standard InChI is InChI=1S/C20H23N3O3S/c24-18(11-12-21-19(25)14-7-3-1-4-8-14)22-23-20(26)17-13-15-9-5-2-6-10-16(15)27-17/h1,3-4,7-8,13H,2,5-6,9-12H2,(H,21,25)(H,22,24)(H,23,26). The number of aryl methyl sites for hydroxylation is 2. The summed E-state index contributed by atoms with van der Waals surface area (Å²) in [6.07, 6.45) is 5.70. The summed E-state index contributed by atoms with van der Waals surface area (Å²) in [5, 5.41) is 2.68. The van der Waals surface area contributed by atoms with Crippen molar-refractivity contribution in [3.8, 4) is 0 Å². The zero-order valence-electron chi connectivity index (χ0n) is 15.0. The van der Waals surface area contributed by atoms with Crippen LogP contribution in [-0.2, 0) is 17.6 Å². The molecule has 1 aromatic carbocycles. The summed E-state index contributed by atoms with van der Waals surface area (Å²) in [7, 11) is 0. The molecule has 0 fully saturated rings.